The van der Waals surface area contributed by atoms with Crippen LogP contribution >= 0.6 is 0 Å². The van der Waals surface area contributed by atoms with Gasteiger partial charge in [-0.2, -0.15) is 5.26 Å². The van der Waals surface area contributed by atoms with Gasteiger partial charge < -0.3 is 5.32 Å². The molecular formula is C18H25FN2. The standard InChI is InChI=1S/C18H25FN2/c1-17(2)8-16(9-18(3,4)12-17)21-11-14-7-15(19)6-5-13(14)10-20/h5-7,16,21H,8-9,11-12H2,1-4H3. The van der Waals surface area contributed by atoms with Crippen LogP contribution in [0.25, 0.3) is 0 Å². The van der Waals surface area contributed by atoms with Crippen molar-refractivity contribution in [2.24, 2.45) is 10.8 Å². The molecule has 0 saturated heterocycles. The molecule has 1 saturated carbocycles. The van der Waals surface area contributed by atoms with Gasteiger partial charge in [0.05, 0.1) is 11.6 Å². The minimum absolute atomic E-state index is 0.282. The first-order chi connectivity index (χ1) is 9.71. The average Bonchev–Trinajstić information content (AvgIpc) is 2.33. The first-order valence-electron chi connectivity index (χ1n) is 7.63. The minimum atomic E-state index is -0.282. The van der Waals surface area contributed by atoms with E-state index in [-0.39, 0.29) is 5.82 Å². The maximum Gasteiger partial charge on any atom is 0.123 e. The Balaban J connectivity index is 2.06. The Hall–Kier alpha value is -1.40. The fourth-order valence-electron chi connectivity index (χ4n) is 4.06. The molecule has 3 heteroatoms. The van der Waals surface area contributed by atoms with Gasteiger partial charge in [-0.3, -0.25) is 0 Å². The molecule has 0 bridgehead atoms. The van der Waals surface area contributed by atoms with E-state index >= 15 is 0 Å². The highest BCUT2D eigenvalue weighted by Gasteiger charge is 2.38. The highest BCUT2D eigenvalue weighted by atomic mass is 19.1. The first-order valence-corrected chi connectivity index (χ1v) is 7.63. The van der Waals surface area contributed by atoms with Crippen molar-refractivity contribution in [1.82, 2.24) is 5.32 Å². The molecular weight excluding hydrogens is 263 g/mol. The van der Waals surface area contributed by atoms with Crippen molar-refractivity contribution >= 4 is 0 Å². The summed E-state index contributed by atoms with van der Waals surface area (Å²) in [5.41, 5.74) is 1.94. The van der Waals surface area contributed by atoms with E-state index in [4.69, 9.17) is 5.26 Å². The zero-order chi connectivity index (χ0) is 15.7. The Morgan fingerprint density at radius 3 is 2.43 bits per heavy atom. The van der Waals surface area contributed by atoms with Crippen molar-refractivity contribution in [2.45, 2.75) is 59.5 Å². The van der Waals surface area contributed by atoms with Crippen LogP contribution in [0.1, 0.15) is 58.1 Å². The number of halogens is 1. The van der Waals surface area contributed by atoms with Crippen LogP contribution in [0.15, 0.2) is 18.2 Å². The van der Waals surface area contributed by atoms with Crippen LogP contribution in [0.2, 0.25) is 0 Å². The molecule has 1 aliphatic rings. The van der Waals surface area contributed by atoms with Crippen LogP contribution in [0, 0.1) is 28.0 Å². The molecule has 1 aliphatic carbocycles. The molecule has 0 unspecified atom stereocenters. The summed E-state index contributed by atoms with van der Waals surface area (Å²) in [7, 11) is 0. The van der Waals surface area contributed by atoms with E-state index in [9.17, 15) is 4.39 Å². The predicted molar refractivity (Wildman–Crippen MR) is 83.2 cm³/mol. The molecule has 1 aromatic carbocycles. The molecule has 0 aromatic heterocycles. The average molecular weight is 288 g/mol. The second-order valence-electron chi connectivity index (χ2n) is 7.90. The van der Waals surface area contributed by atoms with E-state index in [0.29, 0.717) is 29.0 Å². The SMILES string of the molecule is CC1(C)CC(NCc2cc(F)ccc2C#N)CC(C)(C)C1. The lowest BCUT2D eigenvalue weighted by Crippen LogP contribution is -2.43. The minimum Gasteiger partial charge on any atom is -0.310 e. The normalized spacial score (nSPS) is 21.0. The van der Waals surface area contributed by atoms with E-state index in [1.54, 1.807) is 6.07 Å². The van der Waals surface area contributed by atoms with Gasteiger partial charge in [0.25, 0.3) is 0 Å². The van der Waals surface area contributed by atoms with Gasteiger partial charge in [-0.1, -0.05) is 27.7 Å². The number of benzene rings is 1. The van der Waals surface area contributed by atoms with Gasteiger partial charge in [-0.05, 0) is 53.9 Å². The second kappa shape index (κ2) is 5.77. The zero-order valence-corrected chi connectivity index (χ0v) is 13.5. The summed E-state index contributed by atoms with van der Waals surface area (Å²) in [5.74, 6) is -0.282. The molecule has 0 radical (unpaired) electrons. The molecule has 21 heavy (non-hydrogen) atoms. The van der Waals surface area contributed by atoms with Crippen molar-refractivity contribution in [3.8, 4) is 6.07 Å². The molecule has 0 aliphatic heterocycles. The van der Waals surface area contributed by atoms with Gasteiger partial charge >= 0.3 is 0 Å². The molecule has 1 aromatic rings. The van der Waals surface area contributed by atoms with E-state index < -0.39 is 0 Å². The van der Waals surface area contributed by atoms with Crippen LogP contribution in [0.3, 0.4) is 0 Å². The van der Waals surface area contributed by atoms with E-state index in [1.165, 1.54) is 18.6 Å². The molecule has 1 N–H and O–H groups in total. The molecule has 0 atom stereocenters. The van der Waals surface area contributed by atoms with Crippen molar-refractivity contribution in [3.05, 3.63) is 35.1 Å². The lowest BCUT2D eigenvalue weighted by molar-refractivity contribution is 0.0844. The lowest BCUT2D eigenvalue weighted by Gasteiger charge is -2.45. The molecule has 2 nitrogen and oxygen atoms in total. The first kappa shape index (κ1) is 16.0. The molecule has 0 spiro atoms. The van der Waals surface area contributed by atoms with Gasteiger partial charge in [0, 0.05) is 12.6 Å². The maximum atomic E-state index is 13.4. The summed E-state index contributed by atoms with van der Waals surface area (Å²) in [6.07, 6.45) is 3.46. The summed E-state index contributed by atoms with van der Waals surface area (Å²) < 4.78 is 13.4. The molecule has 114 valence electrons. The number of rotatable bonds is 3. The quantitative estimate of drug-likeness (QED) is 0.895. The largest absolute Gasteiger partial charge is 0.310 e. The van der Waals surface area contributed by atoms with Crippen LogP contribution in [-0.2, 0) is 6.54 Å². The van der Waals surface area contributed by atoms with Gasteiger partial charge in [0.15, 0.2) is 0 Å². The zero-order valence-electron chi connectivity index (χ0n) is 13.5. The second-order valence-corrected chi connectivity index (χ2v) is 7.90. The number of nitrogens with zero attached hydrogens (tertiary/aromatic N) is 1. The van der Waals surface area contributed by atoms with Crippen molar-refractivity contribution in [3.63, 3.8) is 0 Å². The Kier molecular flexibility index (Phi) is 4.39. The van der Waals surface area contributed by atoms with Gasteiger partial charge in [-0.25, -0.2) is 4.39 Å². The van der Waals surface area contributed by atoms with Crippen molar-refractivity contribution < 1.29 is 4.39 Å². The fraction of sp³-hybridized carbons (Fsp3) is 0.611. The van der Waals surface area contributed by atoms with Crippen LogP contribution in [-0.4, -0.2) is 6.04 Å². The molecule has 2 rings (SSSR count). The Bertz CT molecular complexity index is 539. The van der Waals surface area contributed by atoms with Crippen molar-refractivity contribution in [2.75, 3.05) is 0 Å². The van der Waals surface area contributed by atoms with Gasteiger partial charge in [0.1, 0.15) is 5.82 Å². The summed E-state index contributed by atoms with van der Waals surface area (Å²) in [6.45, 7) is 9.80. The smallest absolute Gasteiger partial charge is 0.123 e. The van der Waals surface area contributed by atoms with Crippen molar-refractivity contribution in [1.29, 1.82) is 5.26 Å². The molecule has 0 amide bonds. The number of hydrogen-bond donors (Lipinski definition) is 1. The lowest BCUT2D eigenvalue weighted by atomic mass is 9.63. The van der Waals surface area contributed by atoms with Crippen LogP contribution in [0.4, 0.5) is 4.39 Å². The fourth-order valence-corrected chi connectivity index (χ4v) is 4.06. The van der Waals surface area contributed by atoms with Crippen LogP contribution in [0.5, 0.6) is 0 Å². The molecule has 0 heterocycles. The summed E-state index contributed by atoms with van der Waals surface area (Å²) in [5, 5.41) is 12.6. The Morgan fingerprint density at radius 1 is 1.24 bits per heavy atom. The highest BCUT2D eigenvalue weighted by Crippen LogP contribution is 2.45. The summed E-state index contributed by atoms with van der Waals surface area (Å²) >= 11 is 0. The Morgan fingerprint density at radius 2 is 1.86 bits per heavy atom. The molecule has 1 fully saturated rings. The van der Waals surface area contributed by atoms with E-state index in [1.807, 2.05) is 0 Å². The predicted octanol–water partition coefficient (Wildman–Crippen LogP) is 4.39. The van der Waals surface area contributed by atoms with Crippen LogP contribution < -0.4 is 5.32 Å². The maximum absolute atomic E-state index is 13.4. The third kappa shape index (κ3) is 4.28. The monoisotopic (exact) mass is 288 g/mol. The number of nitrogens with one attached hydrogen (secondary N) is 1. The number of nitriles is 1. The third-order valence-corrected chi connectivity index (χ3v) is 4.32. The van der Waals surface area contributed by atoms with Gasteiger partial charge in [0.2, 0.25) is 0 Å². The topological polar surface area (TPSA) is 35.8 Å². The van der Waals surface area contributed by atoms with E-state index in [0.717, 1.165) is 18.4 Å². The van der Waals surface area contributed by atoms with E-state index in [2.05, 4.69) is 39.1 Å². The Labute approximate surface area is 127 Å². The van der Waals surface area contributed by atoms with Gasteiger partial charge in [-0.15, -0.1) is 0 Å². The summed E-state index contributed by atoms with van der Waals surface area (Å²) in [4.78, 5) is 0. The summed E-state index contributed by atoms with van der Waals surface area (Å²) in [6, 6.07) is 6.91. The third-order valence-electron chi connectivity index (χ3n) is 4.32. The number of hydrogen-bond acceptors (Lipinski definition) is 2. The highest BCUT2D eigenvalue weighted by molar-refractivity contribution is 5.37.